The lowest BCUT2D eigenvalue weighted by Crippen LogP contribution is -2.42. The van der Waals surface area contributed by atoms with E-state index >= 15 is 0 Å². The van der Waals surface area contributed by atoms with Crippen LogP contribution in [-0.2, 0) is 24.2 Å². The predicted octanol–water partition coefficient (Wildman–Crippen LogP) is 3.31. The molecule has 2 aromatic carbocycles. The van der Waals surface area contributed by atoms with Gasteiger partial charge in [0.25, 0.3) is 0 Å². The Morgan fingerprint density at radius 2 is 1.76 bits per heavy atom. The van der Waals surface area contributed by atoms with E-state index < -0.39 is 6.04 Å². The third-order valence-electron chi connectivity index (χ3n) is 4.49. The zero-order valence-electron chi connectivity index (χ0n) is 16.5. The van der Waals surface area contributed by atoms with Gasteiger partial charge in [0, 0.05) is 25.7 Å². The monoisotopic (exact) mass is 434 g/mol. The molecular weight excluding hydrogens is 407 g/mol. The number of nitrogens with two attached hydrogens (primary N) is 1. The average Bonchev–Trinajstić information content (AvgIpc) is 3.10. The molecule has 1 atom stereocenters. The zero-order valence-corrected chi connectivity index (χ0v) is 18.1. The number of carbonyl (C=O) groups is 1. The van der Waals surface area contributed by atoms with Crippen molar-refractivity contribution in [1.82, 2.24) is 14.9 Å². The SMILES string of the molecule is Cc1ccc(CCNC(=O)[C@@H](N)Cc2cn(Cc3ccccc3)cn2)cc1.Cl.Cl. The first kappa shape index (κ1) is 24.7. The first-order chi connectivity index (χ1) is 13.1. The fraction of sp³-hybridized carbons (Fsp3) is 0.273. The van der Waals surface area contributed by atoms with Crippen molar-refractivity contribution in [1.29, 1.82) is 0 Å². The Bertz CT molecular complexity index is 866. The van der Waals surface area contributed by atoms with Gasteiger partial charge in [-0.3, -0.25) is 4.79 Å². The highest BCUT2D eigenvalue weighted by Crippen LogP contribution is 2.06. The second-order valence-electron chi connectivity index (χ2n) is 6.86. The third kappa shape index (κ3) is 7.89. The van der Waals surface area contributed by atoms with Gasteiger partial charge in [0.1, 0.15) is 0 Å². The van der Waals surface area contributed by atoms with Crippen LogP contribution in [0.3, 0.4) is 0 Å². The normalized spacial score (nSPS) is 11.1. The predicted molar refractivity (Wildman–Crippen MR) is 122 cm³/mol. The molecule has 29 heavy (non-hydrogen) atoms. The summed E-state index contributed by atoms with van der Waals surface area (Å²) >= 11 is 0. The van der Waals surface area contributed by atoms with E-state index in [1.807, 2.05) is 29.0 Å². The van der Waals surface area contributed by atoms with Crippen molar-refractivity contribution >= 4 is 30.7 Å². The van der Waals surface area contributed by atoms with Gasteiger partial charge in [-0.05, 0) is 24.5 Å². The Hall–Kier alpha value is -2.34. The minimum Gasteiger partial charge on any atom is -0.354 e. The number of hydrogen-bond acceptors (Lipinski definition) is 3. The minimum atomic E-state index is -0.594. The van der Waals surface area contributed by atoms with Crippen molar-refractivity contribution in [2.45, 2.75) is 32.4 Å². The molecule has 1 aromatic heterocycles. The van der Waals surface area contributed by atoms with Gasteiger partial charge in [-0.1, -0.05) is 60.2 Å². The average molecular weight is 435 g/mol. The van der Waals surface area contributed by atoms with Crippen LogP contribution in [0.25, 0.3) is 0 Å². The maximum absolute atomic E-state index is 12.2. The number of nitrogens with one attached hydrogen (secondary N) is 1. The molecule has 0 fully saturated rings. The number of hydrogen-bond donors (Lipinski definition) is 2. The molecule has 3 N–H and O–H groups in total. The molecule has 3 rings (SSSR count). The fourth-order valence-corrected chi connectivity index (χ4v) is 2.93. The van der Waals surface area contributed by atoms with Crippen molar-refractivity contribution in [3.63, 3.8) is 0 Å². The molecule has 0 saturated heterocycles. The molecule has 0 aliphatic carbocycles. The molecule has 0 bridgehead atoms. The first-order valence-electron chi connectivity index (χ1n) is 9.23. The van der Waals surface area contributed by atoms with Crippen LogP contribution in [0.15, 0.2) is 67.1 Å². The van der Waals surface area contributed by atoms with Crippen LogP contribution in [0.5, 0.6) is 0 Å². The van der Waals surface area contributed by atoms with Crippen molar-refractivity contribution in [2.75, 3.05) is 6.54 Å². The van der Waals surface area contributed by atoms with Gasteiger partial charge >= 0.3 is 0 Å². The molecule has 0 spiro atoms. The summed E-state index contributed by atoms with van der Waals surface area (Å²) in [6.07, 6.45) is 4.96. The van der Waals surface area contributed by atoms with Crippen LogP contribution in [-0.4, -0.2) is 28.0 Å². The number of rotatable bonds is 8. The summed E-state index contributed by atoms with van der Waals surface area (Å²) in [6, 6.07) is 17.9. The maximum atomic E-state index is 12.2. The molecule has 7 heteroatoms. The number of halogens is 2. The largest absolute Gasteiger partial charge is 0.354 e. The topological polar surface area (TPSA) is 72.9 Å². The van der Waals surface area contributed by atoms with Gasteiger partial charge in [0.05, 0.1) is 18.1 Å². The summed E-state index contributed by atoms with van der Waals surface area (Å²) < 4.78 is 2.01. The van der Waals surface area contributed by atoms with E-state index in [0.29, 0.717) is 13.0 Å². The highest BCUT2D eigenvalue weighted by Gasteiger charge is 2.15. The van der Waals surface area contributed by atoms with Gasteiger partial charge in [-0.15, -0.1) is 24.8 Å². The van der Waals surface area contributed by atoms with E-state index in [0.717, 1.165) is 18.7 Å². The summed E-state index contributed by atoms with van der Waals surface area (Å²) in [5.41, 5.74) is 10.5. The number of benzene rings is 2. The Kier molecular flexibility index (Phi) is 10.5. The van der Waals surface area contributed by atoms with E-state index in [-0.39, 0.29) is 30.7 Å². The maximum Gasteiger partial charge on any atom is 0.237 e. The number of carbonyl (C=O) groups excluding carboxylic acids is 1. The Labute approximate surface area is 184 Å². The molecule has 0 saturated carbocycles. The van der Waals surface area contributed by atoms with Crippen LogP contribution < -0.4 is 11.1 Å². The Morgan fingerprint density at radius 1 is 1.07 bits per heavy atom. The first-order valence-corrected chi connectivity index (χ1v) is 9.23. The van der Waals surface area contributed by atoms with Crippen LogP contribution >= 0.6 is 24.8 Å². The van der Waals surface area contributed by atoms with Crippen LogP contribution in [0, 0.1) is 6.92 Å². The highest BCUT2D eigenvalue weighted by molar-refractivity contribution is 5.85. The lowest BCUT2D eigenvalue weighted by Gasteiger charge is -2.11. The van der Waals surface area contributed by atoms with E-state index in [9.17, 15) is 4.79 Å². The smallest absolute Gasteiger partial charge is 0.237 e. The van der Waals surface area contributed by atoms with Crippen molar-refractivity contribution in [3.05, 3.63) is 89.5 Å². The molecule has 0 unspecified atom stereocenters. The van der Waals surface area contributed by atoms with E-state index in [1.54, 1.807) is 6.33 Å². The molecule has 0 aliphatic heterocycles. The van der Waals surface area contributed by atoms with Crippen LogP contribution in [0.1, 0.15) is 22.4 Å². The minimum absolute atomic E-state index is 0. The molecule has 156 valence electrons. The van der Waals surface area contributed by atoms with E-state index in [1.165, 1.54) is 16.7 Å². The van der Waals surface area contributed by atoms with E-state index in [2.05, 4.69) is 53.6 Å². The summed E-state index contributed by atoms with van der Waals surface area (Å²) in [7, 11) is 0. The standard InChI is InChI=1S/C22H26N4O.2ClH/c1-17-7-9-18(10-8-17)11-12-24-22(27)21(23)13-20-15-26(16-25-20)14-19-5-3-2-4-6-19;;/h2-10,15-16,21H,11-14,23H2,1H3,(H,24,27);2*1H/t21-;;/m0../s1. The fourth-order valence-electron chi connectivity index (χ4n) is 2.93. The van der Waals surface area contributed by atoms with Gasteiger partial charge < -0.3 is 15.6 Å². The molecule has 3 aromatic rings. The lowest BCUT2D eigenvalue weighted by atomic mass is 10.1. The van der Waals surface area contributed by atoms with Crippen molar-refractivity contribution in [3.8, 4) is 0 Å². The number of nitrogens with zero attached hydrogens (tertiary/aromatic N) is 2. The molecule has 0 aliphatic rings. The van der Waals surface area contributed by atoms with Crippen molar-refractivity contribution < 1.29 is 4.79 Å². The number of aryl methyl sites for hydroxylation is 1. The third-order valence-corrected chi connectivity index (χ3v) is 4.49. The van der Waals surface area contributed by atoms with Crippen LogP contribution in [0.4, 0.5) is 0 Å². The summed E-state index contributed by atoms with van der Waals surface area (Å²) in [5, 5.41) is 2.91. The Morgan fingerprint density at radius 3 is 2.45 bits per heavy atom. The molecule has 5 nitrogen and oxygen atoms in total. The van der Waals surface area contributed by atoms with Gasteiger partial charge in [-0.25, -0.2) is 4.98 Å². The number of imidazole rings is 1. The highest BCUT2D eigenvalue weighted by atomic mass is 35.5. The molecule has 1 amide bonds. The molecule has 1 heterocycles. The molecule has 0 radical (unpaired) electrons. The van der Waals surface area contributed by atoms with Crippen molar-refractivity contribution in [2.24, 2.45) is 5.73 Å². The summed E-state index contributed by atoms with van der Waals surface area (Å²) in [5.74, 6) is -0.139. The Balaban J connectivity index is 0.00000210. The van der Waals surface area contributed by atoms with Gasteiger partial charge in [0.2, 0.25) is 5.91 Å². The zero-order chi connectivity index (χ0) is 19.1. The second kappa shape index (κ2) is 12.3. The van der Waals surface area contributed by atoms with E-state index in [4.69, 9.17) is 5.73 Å². The van der Waals surface area contributed by atoms with Gasteiger partial charge in [-0.2, -0.15) is 0 Å². The quantitative estimate of drug-likeness (QED) is 0.570. The van der Waals surface area contributed by atoms with Crippen LogP contribution in [0.2, 0.25) is 0 Å². The molecular formula is C22H28Cl2N4O. The second-order valence-corrected chi connectivity index (χ2v) is 6.86. The van der Waals surface area contributed by atoms with Gasteiger partial charge in [0.15, 0.2) is 0 Å². The summed E-state index contributed by atoms with van der Waals surface area (Å²) in [4.78, 5) is 16.6. The number of amides is 1. The summed E-state index contributed by atoms with van der Waals surface area (Å²) in [6.45, 7) is 3.40. The lowest BCUT2D eigenvalue weighted by molar-refractivity contribution is -0.122. The number of aromatic nitrogens is 2.